The fraction of sp³-hybridized carbons (Fsp3) is 0.409. The Morgan fingerprint density at radius 1 is 1.14 bits per heavy atom. The van der Waals surface area contributed by atoms with Crippen molar-refractivity contribution in [3.63, 3.8) is 0 Å². The number of rotatable bonds is 5. The molecule has 1 atom stereocenters. The molecule has 0 spiro atoms. The van der Waals surface area contributed by atoms with Crippen LogP contribution in [0.5, 0.6) is 0 Å². The van der Waals surface area contributed by atoms with Crippen molar-refractivity contribution in [3.05, 3.63) is 59.4 Å². The zero-order valence-corrected chi connectivity index (χ0v) is 16.6. The molecule has 0 bridgehead atoms. The Bertz CT molecular complexity index is 852. The van der Waals surface area contributed by atoms with E-state index in [1.807, 2.05) is 24.3 Å². The Morgan fingerprint density at radius 2 is 1.86 bits per heavy atom. The van der Waals surface area contributed by atoms with Gasteiger partial charge >= 0.3 is 0 Å². The number of anilines is 1. The normalized spacial score (nSPS) is 16.6. The van der Waals surface area contributed by atoms with Crippen LogP contribution in [0.1, 0.15) is 59.9 Å². The van der Waals surface area contributed by atoms with Crippen LogP contribution in [0.15, 0.2) is 42.7 Å². The quantitative estimate of drug-likeness (QED) is 0.830. The van der Waals surface area contributed by atoms with Gasteiger partial charge in [-0.1, -0.05) is 39.0 Å². The number of benzene rings is 1. The summed E-state index contributed by atoms with van der Waals surface area (Å²) in [7, 11) is 0. The molecule has 1 saturated heterocycles. The molecule has 1 aromatic carbocycles. The summed E-state index contributed by atoms with van der Waals surface area (Å²) in [4.78, 5) is 29.2. The summed E-state index contributed by atoms with van der Waals surface area (Å²) in [5, 5.41) is 5.80. The Morgan fingerprint density at radius 3 is 2.54 bits per heavy atom. The lowest BCUT2D eigenvalue weighted by atomic mass is 9.86. The number of hydrogen-bond acceptors (Lipinski definition) is 4. The molecule has 1 aliphatic rings. The fourth-order valence-electron chi connectivity index (χ4n) is 3.24. The Labute approximate surface area is 165 Å². The molecule has 2 heterocycles. The molecule has 1 aliphatic heterocycles. The van der Waals surface area contributed by atoms with Gasteiger partial charge in [0.15, 0.2) is 0 Å². The molecular weight excluding hydrogens is 354 g/mol. The fourth-order valence-corrected chi connectivity index (χ4v) is 3.24. The average Bonchev–Trinajstić information content (AvgIpc) is 3.19. The molecule has 28 heavy (non-hydrogen) atoms. The Balaban J connectivity index is 1.70. The van der Waals surface area contributed by atoms with Gasteiger partial charge in [0.1, 0.15) is 0 Å². The highest BCUT2D eigenvalue weighted by atomic mass is 16.5. The van der Waals surface area contributed by atoms with Crippen LogP contribution in [-0.4, -0.2) is 36.1 Å². The first kappa shape index (κ1) is 20.0. The monoisotopic (exact) mass is 381 g/mol. The number of carbonyl (C=O) groups excluding carboxylic acids is 2. The first-order chi connectivity index (χ1) is 13.3. The smallest absolute Gasteiger partial charge is 0.257 e. The van der Waals surface area contributed by atoms with E-state index in [0.717, 1.165) is 30.7 Å². The highest BCUT2D eigenvalue weighted by molar-refractivity contribution is 6.06. The molecule has 0 aliphatic carbocycles. The molecule has 0 radical (unpaired) electrons. The van der Waals surface area contributed by atoms with Gasteiger partial charge in [-0.3, -0.25) is 14.6 Å². The summed E-state index contributed by atoms with van der Waals surface area (Å²) >= 11 is 0. The van der Waals surface area contributed by atoms with E-state index in [4.69, 9.17) is 4.74 Å². The molecule has 6 nitrogen and oxygen atoms in total. The van der Waals surface area contributed by atoms with Crippen molar-refractivity contribution >= 4 is 17.5 Å². The Hall–Kier alpha value is -2.73. The van der Waals surface area contributed by atoms with Crippen LogP contribution in [0.4, 0.5) is 5.69 Å². The van der Waals surface area contributed by atoms with E-state index in [2.05, 4.69) is 36.4 Å². The number of carbonyl (C=O) groups is 2. The standard InChI is InChI=1S/C22H27N3O3/c1-22(2,3)18-8-4-5-9-19(18)25-21(27)16-11-15(12-23-13-16)20(26)24-14-17-7-6-10-28-17/h4-5,8-9,11-13,17H,6-7,10,14H2,1-3H3,(H,24,26)(H,25,27). The Kier molecular flexibility index (Phi) is 6.09. The molecule has 2 aromatic rings. The van der Waals surface area contributed by atoms with Crippen LogP contribution in [-0.2, 0) is 10.2 Å². The maximum absolute atomic E-state index is 12.7. The molecular formula is C22H27N3O3. The first-order valence-electron chi connectivity index (χ1n) is 9.60. The van der Waals surface area contributed by atoms with E-state index < -0.39 is 0 Å². The van der Waals surface area contributed by atoms with Gasteiger partial charge in [0, 0.05) is 31.2 Å². The number of nitrogens with zero attached hydrogens (tertiary/aromatic N) is 1. The van der Waals surface area contributed by atoms with Crippen molar-refractivity contribution in [3.8, 4) is 0 Å². The average molecular weight is 381 g/mol. The highest BCUT2D eigenvalue weighted by Gasteiger charge is 2.20. The zero-order valence-electron chi connectivity index (χ0n) is 16.6. The van der Waals surface area contributed by atoms with Gasteiger partial charge in [0.2, 0.25) is 0 Å². The SMILES string of the molecule is CC(C)(C)c1ccccc1NC(=O)c1cncc(C(=O)NCC2CCCO2)c1. The van der Waals surface area contributed by atoms with E-state index in [9.17, 15) is 9.59 Å². The van der Waals surface area contributed by atoms with Gasteiger partial charge in [-0.2, -0.15) is 0 Å². The molecule has 0 saturated carbocycles. The van der Waals surface area contributed by atoms with Crippen LogP contribution >= 0.6 is 0 Å². The largest absolute Gasteiger partial charge is 0.376 e. The molecule has 6 heteroatoms. The van der Waals surface area contributed by atoms with Crippen LogP contribution in [0, 0.1) is 0 Å². The van der Waals surface area contributed by atoms with Gasteiger partial charge in [-0.15, -0.1) is 0 Å². The lowest BCUT2D eigenvalue weighted by Crippen LogP contribution is -2.32. The minimum atomic E-state index is -0.294. The molecule has 148 valence electrons. The second kappa shape index (κ2) is 8.52. The van der Waals surface area contributed by atoms with Crippen LogP contribution in [0.25, 0.3) is 0 Å². The summed E-state index contributed by atoms with van der Waals surface area (Å²) in [6, 6.07) is 9.29. The zero-order chi connectivity index (χ0) is 20.1. The summed E-state index contributed by atoms with van der Waals surface area (Å²) < 4.78 is 5.51. The summed E-state index contributed by atoms with van der Waals surface area (Å²) in [5.41, 5.74) is 2.39. The van der Waals surface area contributed by atoms with Crippen molar-refractivity contribution in [1.82, 2.24) is 10.3 Å². The summed E-state index contributed by atoms with van der Waals surface area (Å²) in [6.07, 6.45) is 4.97. The molecule has 2 N–H and O–H groups in total. The number of hydrogen-bond donors (Lipinski definition) is 2. The van der Waals surface area contributed by atoms with Crippen molar-refractivity contribution < 1.29 is 14.3 Å². The van der Waals surface area contributed by atoms with E-state index in [-0.39, 0.29) is 23.3 Å². The van der Waals surface area contributed by atoms with E-state index in [0.29, 0.717) is 17.7 Å². The third-order valence-electron chi connectivity index (χ3n) is 4.76. The second-order valence-corrected chi connectivity index (χ2v) is 8.06. The lowest BCUT2D eigenvalue weighted by molar-refractivity contribution is 0.0857. The van der Waals surface area contributed by atoms with Crippen molar-refractivity contribution in [2.24, 2.45) is 0 Å². The topological polar surface area (TPSA) is 80.3 Å². The maximum Gasteiger partial charge on any atom is 0.257 e. The number of pyridine rings is 1. The highest BCUT2D eigenvalue weighted by Crippen LogP contribution is 2.29. The number of para-hydroxylation sites is 1. The maximum atomic E-state index is 12.7. The van der Waals surface area contributed by atoms with Gasteiger partial charge in [0.25, 0.3) is 11.8 Å². The first-order valence-corrected chi connectivity index (χ1v) is 9.60. The summed E-state index contributed by atoms with van der Waals surface area (Å²) in [5.74, 6) is -0.550. The van der Waals surface area contributed by atoms with Crippen LogP contribution in [0.3, 0.4) is 0 Å². The third-order valence-corrected chi connectivity index (χ3v) is 4.76. The van der Waals surface area contributed by atoms with Gasteiger partial charge in [0.05, 0.1) is 17.2 Å². The van der Waals surface area contributed by atoms with Crippen molar-refractivity contribution in [2.45, 2.75) is 45.1 Å². The van der Waals surface area contributed by atoms with E-state index >= 15 is 0 Å². The number of aromatic nitrogens is 1. The molecule has 1 fully saturated rings. The minimum absolute atomic E-state index is 0.0669. The van der Waals surface area contributed by atoms with Crippen molar-refractivity contribution in [2.75, 3.05) is 18.5 Å². The number of nitrogens with one attached hydrogen (secondary N) is 2. The lowest BCUT2D eigenvalue weighted by Gasteiger charge is -2.23. The molecule has 2 amide bonds. The summed E-state index contributed by atoms with van der Waals surface area (Å²) in [6.45, 7) is 7.50. The van der Waals surface area contributed by atoms with E-state index in [1.165, 1.54) is 12.4 Å². The predicted molar refractivity (Wildman–Crippen MR) is 109 cm³/mol. The molecule has 1 aromatic heterocycles. The molecule has 1 unspecified atom stereocenters. The predicted octanol–water partition coefficient (Wildman–Crippen LogP) is 3.54. The van der Waals surface area contributed by atoms with Gasteiger partial charge in [-0.05, 0) is 36.0 Å². The third kappa shape index (κ3) is 4.95. The van der Waals surface area contributed by atoms with Gasteiger partial charge in [-0.25, -0.2) is 0 Å². The van der Waals surface area contributed by atoms with E-state index in [1.54, 1.807) is 6.07 Å². The second-order valence-electron chi connectivity index (χ2n) is 8.06. The van der Waals surface area contributed by atoms with Crippen LogP contribution in [0.2, 0.25) is 0 Å². The van der Waals surface area contributed by atoms with Crippen molar-refractivity contribution in [1.29, 1.82) is 0 Å². The van der Waals surface area contributed by atoms with Gasteiger partial charge < -0.3 is 15.4 Å². The minimum Gasteiger partial charge on any atom is -0.376 e. The van der Waals surface area contributed by atoms with Crippen LogP contribution < -0.4 is 10.6 Å². The number of amides is 2. The number of ether oxygens (including phenoxy) is 1. The molecule has 3 rings (SSSR count).